The average Bonchev–Trinajstić information content (AvgIpc) is 3.19. The summed E-state index contributed by atoms with van der Waals surface area (Å²) in [6, 6.07) is 1.13. The largest absolute Gasteiger partial charge is 0.487 e. The lowest BCUT2D eigenvalue weighted by molar-refractivity contribution is 0.250. The summed E-state index contributed by atoms with van der Waals surface area (Å²) in [5.74, 6) is -0.155. The van der Waals surface area contributed by atoms with Gasteiger partial charge in [0.1, 0.15) is 22.5 Å². The zero-order chi connectivity index (χ0) is 18.2. The van der Waals surface area contributed by atoms with E-state index in [4.69, 9.17) is 10.5 Å². The number of aromatic nitrogens is 2. The van der Waals surface area contributed by atoms with Crippen LogP contribution in [0.4, 0.5) is 10.1 Å². The molecule has 136 valence electrons. The highest BCUT2D eigenvalue weighted by atomic mass is 32.1. The second-order valence-electron chi connectivity index (χ2n) is 7.00. The Morgan fingerprint density at radius 3 is 2.96 bits per heavy atom. The minimum absolute atomic E-state index is 0.0144. The van der Waals surface area contributed by atoms with Gasteiger partial charge in [0.2, 0.25) is 5.43 Å². The summed E-state index contributed by atoms with van der Waals surface area (Å²) in [5.41, 5.74) is 5.99. The van der Waals surface area contributed by atoms with E-state index < -0.39 is 16.8 Å². The van der Waals surface area contributed by atoms with E-state index in [0.717, 1.165) is 18.0 Å². The van der Waals surface area contributed by atoms with Gasteiger partial charge < -0.3 is 19.9 Å². The Labute approximate surface area is 150 Å². The molecule has 1 saturated heterocycles. The van der Waals surface area contributed by atoms with Crippen LogP contribution in [0, 0.1) is 5.82 Å². The van der Waals surface area contributed by atoms with Crippen molar-refractivity contribution in [3.8, 4) is 5.75 Å². The zero-order valence-electron chi connectivity index (χ0n) is 14.0. The minimum Gasteiger partial charge on any atom is -0.487 e. The van der Waals surface area contributed by atoms with E-state index in [1.165, 1.54) is 6.07 Å². The van der Waals surface area contributed by atoms with Crippen LogP contribution >= 0.6 is 11.5 Å². The van der Waals surface area contributed by atoms with Gasteiger partial charge in [0, 0.05) is 19.1 Å². The van der Waals surface area contributed by atoms with Gasteiger partial charge in [-0.25, -0.2) is 4.39 Å². The van der Waals surface area contributed by atoms with Crippen LogP contribution in [0.3, 0.4) is 0 Å². The van der Waals surface area contributed by atoms with Gasteiger partial charge in [0.25, 0.3) is 5.56 Å². The number of halogens is 1. The van der Waals surface area contributed by atoms with Crippen LogP contribution in [0.25, 0.3) is 21.1 Å². The number of ether oxygens (including phenoxy) is 1. The third-order valence-electron chi connectivity index (χ3n) is 5.25. The van der Waals surface area contributed by atoms with Crippen molar-refractivity contribution >= 4 is 38.3 Å². The zero-order valence-corrected chi connectivity index (χ0v) is 14.9. The summed E-state index contributed by atoms with van der Waals surface area (Å²) in [7, 11) is 0. The monoisotopic (exact) mass is 376 g/mol. The highest BCUT2D eigenvalue weighted by Gasteiger charge is 2.32. The lowest BCUT2D eigenvalue weighted by atomic mass is 10.1. The molecule has 0 saturated carbocycles. The summed E-state index contributed by atoms with van der Waals surface area (Å²) in [6.07, 6.45) is 0.776. The highest BCUT2D eigenvalue weighted by molar-refractivity contribution is 7.12. The number of nitrogens with one attached hydrogen (secondary N) is 1. The van der Waals surface area contributed by atoms with Gasteiger partial charge in [-0.05, 0) is 30.9 Å². The number of fused-ring (bicyclic) bond motifs is 2. The molecule has 0 amide bonds. The second kappa shape index (κ2) is 5.31. The van der Waals surface area contributed by atoms with Crippen molar-refractivity contribution in [2.75, 3.05) is 24.6 Å². The first-order valence-corrected chi connectivity index (χ1v) is 9.34. The van der Waals surface area contributed by atoms with Crippen LogP contribution in [-0.4, -0.2) is 34.7 Å². The predicted molar refractivity (Wildman–Crippen MR) is 99.2 cm³/mol. The topological polar surface area (TPSA) is 93.3 Å². The van der Waals surface area contributed by atoms with Gasteiger partial charge in [-0.3, -0.25) is 14.0 Å². The molecule has 0 bridgehead atoms. The van der Waals surface area contributed by atoms with E-state index in [9.17, 15) is 9.59 Å². The molecule has 2 atom stereocenters. The Hall–Kier alpha value is -2.39. The Morgan fingerprint density at radius 2 is 2.23 bits per heavy atom. The van der Waals surface area contributed by atoms with Crippen molar-refractivity contribution in [2.45, 2.75) is 25.4 Å². The molecule has 4 heterocycles. The lowest BCUT2D eigenvalue weighted by Crippen LogP contribution is -2.30. The summed E-state index contributed by atoms with van der Waals surface area (Å²) in [6.45, 7) is 3.46. The van der Waals surface area contributed by atoms with Crippen LogP contribution in [0.2, 0.25) is 0 Å². The van der Waals surface area contributed by atoms with E-state index in [1.807, 2.05) is 16.4 Å². The average molecular weight is 376 g/mol. The quantitative estimate of drug-likeness (QED) is 0.672. The van der Waals surface area contributed by atoms with Crippen molar-refractivity contribution < 1.29 is 9.13 Å². The molecule has 0 aliphatic carbocycles. The summed E-state index contributed by atoms with van der Waals surface area (Å²) >= 11 is 1.13. The fourth-order valence-electron chi connectivity index (χ4n) is 4.04. The first-order valence-electron chi connectivity index (χ1n) is 8.52. The molecule has 2 aliphatic heterocycles. The van der Waals surface area contributed by atoms with Crippen molar-refractivity contribution in [3.05, 3.63) is 32.5 Å². The van der Waals surface area contributed by atoms with Gasteiger partial charge >= 0.3 is 0 Å². The standard InChI is InChI=1S/C17H17FN4O3S/c1-7-6-25-15-12-9(4-10(18)13(15)21-3-2-8(19)5-21)14(23)11-16(24)20-26-17(11)22(7)12/h4,7-8H,2-3,5-6,19H2,1H3,(H,20,24). The predicted octanol–water partition coefficient (Wildman–Crippen LogP) is 1.53. The number of H-pyrrole nitrogens is 1. The molecule has 0 radical (unpaired) electrons. The van der Waals surface area contributed by atoms with Crippen molar-refractivity contribution in [1.29, 1.82) is 0 Å². The molecular formula is C17H17FN4O3S. The number of rotatable bonds is 1. The van der Waals surface area contributed by atoms with Crippen molar-refractivity contribution in [3.63, 3.8) is 0 Å². The number of hydrogen-bond acceptors (Lipinski definition) is 6. The van der Waals surface area contributed by atoms with Crippen molar-refractivity contribution in [1.82, 2.24) is 8.94 Å². The molecule has 9 heteroatoms. The maximum atomic E-state index is 15.0. The van der Waals surface area contributed by atoms with Gasteiger partial charge in [0.05, 0.1) is 16.9 Å². The minimum atomic E-state index is -0.522. The molecule has 3 aromatic rings. The fourth-order valence-corrected chi connectivity index (χ4v) is 4.99. The number of anilines is 1. The molecule has 2 aliphatic rings. The highest BCUT2D eigenvalue weighted by Crippen LogP contribution is 2.43. The molecule has 1 aromatic carbocycles. The summed E-state index contributed by atoms with van der Waals surface area (Å²) in [4.78, 5) is 27.4. The van der Waals surface area contributed by atoms with Crippen LogP contribution in [0.15, 0.2) is 15.7 Å². The number of benzene rings is 1. The van der Waals surface area contributed by atoms with Gasteiger partial charge in [-0.2, -0.15) is 0 Å². The molecule has 2 unspecified atom stereocenters. The molecule has 0 spiro atoms. The number of aromatic amines is 1. The molecular weight excluding hydrogens is 359 g/mol. The van der Waals surface area contributed by atoms with Crippen LogP contribution in [0.5, 0.6) is 5.75 Å². The number of hydrogen-bond donors (Lipinski definition) is 2. The first-order chi connectivity index (χ1) is 12.5. The lowest BCUT2D eigenvalue weighted by Gasteiger charge is -2.31. The molecule has 3 N–H and O–H groups in total. The first kappa shape index (κ1) is 15.8. The SMILES string of the molecule is CC1COc2c(N3CCC(N)C3)c(F)cc3c(=O)c4c(=O)[nH]sc4n1c23. The maximum absolute atomic E-state index is 15.0. The fraction of sp³-hybridized carbons (Fsp3) is 0.412. The molecule has 7 nitrogen and oxygen atoms in total. The summed E-state index contributed by atoms with van der Waals surface area (Å²) < 4.78 is 25.5. The summed E-state index contributed by atoms with van der Waals surface area (Å²) in [5, 5.41) is 0.255. The Bertz CT molecular complexity index is 1180. The van der Waals surface area contributed by atoms with E-state index >= 15 is 4.39 Å². The maximum Gasteiger partial charge on any atom is 0.271 e. The third kappa shape index (κ3) is 1.95. The number of pyridine rings is 1. The van der Waals surface area contributed by atoms with Crippen LogP contribution in [0.1, 0.15) is 19.4 Å². The van der Waals surface area contributed by atoms with Crippen molar-refractivity contribution in [2.24, 2.45) is 5.73 Å². The van der Waals surface area contributed by atoms with Gasteiger partial charge in [-0.1, -0.05) is 0 Å². The molecule has 5 rings (SSSR count). The Morgan fingerprint density at radius 1 is 1.42 bits per heavy atom. The van der Waals surface area contributed by atoms with Crippen LogP contribution in [-0.2, 0) is 0 Å². The number of nitrogens with zero attached hydrogens (tertiary/aromatic N) is 2. The van der Waals surface area contributed by atoms with E-state index in [1.54, 1.807) is 0 Å². The van der Waals surface area contributed by atoms with Crippen LogP contribution < -0.4 is 26.4 Å². The van der Waals surface area contributed by atoms with E-state index in [-0.39, 0.29) is 22.9 Å². The smallest absolute Gasteiger partial charge is 0.271 e. The normalized spacial score (nSPS) is 22.3. The van der Waals surface area contributed by atoms with Gasteiger partial charge in [0.15, 0.2) is 11.6 Å². The third-order valence-corrected chi connectivity index (χ3v) is 6.13. The Kier molecular flexibility index (Phi) is 3.23. The number of nitrogens with two attached hydrogens (primary N) is 1. The Balaban J connectivity index is 1.95. The molecule has 26 heavy (non-hydrogen) atoms. The molecule has 1 fully saturated rings. The van der Waals surface area contributed by atoms with Gasteiger partial charge in [-0.15, -0.1) is 0 Å². The van der Waals surface area contributed by atoms with E-state index in [0.29, 0.717) is 41.5 Å². The molecule has 2 aromatic heterocycles. The van der Waals surface area contributed by atoms with E-state index in [2.05, 4.69) is 4.37 Å². The second-order valence-corrected chi connectivity index (χ2v) is 7.79.